The van der Waals surface area contributed by atoms with Gasteiger partial charge in [-0.2, -0.15) is 0 Å². The molecule has 1 atom stereocenters. The Morgan fingerprint density at radius 1 is 1.28 bits per heavy atom. The van der Waals surface area contributed by atoms with Crippen LogP contribution >= 0.6 is 0 Å². The quantitative estimate of drug-likeness (QED) is 0.858. The van der Waals surface area contributed by atoms with Crippen LogP contribution in [0.3, 0.4) is 0 Å². The lowest BCUT2D eigenvalue weighted by Gasteiger charge is -2.41. The van der Waals surface area contributed by atoms with Crippen LogP contribution < -0.4 is 5.32 Å². The van der Waals surface area contributed by atoms with Crippen LogP contribution in [-0.4, -0.2) is 24.8 Å². The molecule has 1 aliphatic heterocycles. The molecule has 1 heterocycles. The van der Waals surface area contributed by atoms with Crippen LogP contribution in [0.1, 0.15) is 49.1 Å². The van der Waals surface area contributed by atoms with Crippen LogP contribution in [0, 0.1) is 0 Å². The Hall–Kier alpha value is -0.860. The van der Waals surface area contributed by atoms with Crippen LogP contribution in [0.25, 0.3) is 0 Å². The first-order valence-electron chi connectivity index (χ1n) is 7.26. The largest absolute Gasteiger partial charge is 0.395 e. The summed E-state index contributed by atoms with van der Waals surface area (Å²) >= 11 is 0. The fourth-order valence-corrected chi connectivity index (χ4v) is 3.40. The first-order chi connectivity index (χ1) is 8.84. The second-order valence-corrected chi connectivity index (χ2v) is 5.96. The average Bonchev–Trinajstić information content (AvgIpc) is 2.40. The molecule has 2 nitrogen and oxygen atoms in total. The summed E-state index contributed by atoms with van der Waals surface area (Å²) < 4.78 is 0. The van der Waals surface area contributed by atoms with Gasteiger partial charge in [-0.15, -0.1) is 0 Å². The maximum atomic E-state index is 9.68. The Labute approximate surface area is 109 Å². The Morgan fingerprint density at radius 2 is 2.17 bits per heavy atom. The third kappa shape index (κ3) is 2.08. The minimum atomic E-state index is 0.0815. The molecule has 2 aliphatic rings. The highest BCUT2D eigenvalue weighted by Crippen LogP contribution is 2.43. The maximum Gasteiger partial charge on any atom is 0.0527 e. The summed E-state index contributed by atoms with van der Waals surface area (Å²) in [5.74, 6) is 0.662. The van der Waals surface area contributed by atoms with Crippen LogP contribution in [0.2, 0.25) is 0 Å². The van der Waals surface area contributed by atoms with E-state index in [9.17, 15) is 5.11 Å². The van der Waals surface area contributed by atoms with Gasteiger partial charge in [0.2, 0.25) is 0 Å². The van der Waals surface area contributed by atoms with Gasteiger partial charge in [-0.05, 0) is 49.3 Å². The molecular weight excluding hydrogens is 222 g/mol. The Bertz CT molecular complexity index is 400. The van der Waals surface area contributed by atoms with E-state index in [-0.39, 0.29) is 5.41 Å². The first-order valence-corrected chi connectivity index (χ1v) is 7.26. The predicted octanol–water partition coefficient (Wildman–Crippen LogP) is 2.57. The van der Waals surface area contributed by atoms with E-state index in [0.717, 1.165) is 25.9 Å². The number of benzene rings is 1. The van der Waals surface area contributed by atoms with E-state index in [1.165, 1.54) is 30.4 Å². The summed E-state index contributed by atoms with van der Waals surface area (Å²) in [7, 11) is 0. The van der Waals surface area contributed by atoms with Gasteiger partial charge in [0.05, 0.1) is 6.61 Å². The smallest absolute Gasteiger partial charge is 0.0527 e. The molecule has 0 bridgehead atoms. The molecule has 1 saturated heterocycles. The number of hydrogen-bond acceptors (Lipinski definition) is 2. The Morgan fingerprint density at radius 3 is 2.78 bits per heavy atom. The lowest BCUT2D eigenvalue weighted by molar-refractivity contribution is 0.120. The van der Waals surface area contributed by atoms with Crippen LogP contribution in [0.4, 0.5) is 0 Å². The van der Waals surface area contributed by atoms with Crippen LogP contribution in [-0.2, 0) is 5.41 Å². The second kappa shape index (κ2) is 5.02. The van der Waals surface area contributed by atoms with E-state index >= 15 is 0 Å². The van der Waals surface area contributed by atoms with E-state index in [1.807, 2.05) is 0 Å². The number of aliphatic hydroxyl groups is 1. The third-order valence-corrected chi connectivity index (χ3v) is 4.88. The maximum absolute atomic E-state index is 9.68. The summed E-state index contributed by atoms with van der Waals surface area (Å²) in [6.07, 6.45) is 6.13. The molecule has 2 heteroatoms. The standard InChI is InChI=1S/C16H23NO/c18-12-16(7-3-8-16)15-6-1-4-13(10-15)14-5-2-9-17-11-14/h1,4,6,10,14,17-18H,2-3,5,7-9,11-12H2. The molecule has 0 radical (unpaired) electrons. The molecule has 98 valence electrons. The molecule has 1 unspecified atom stereocenters. The van der Waals surface area contributed by atoms with Gasteiger partial charge >= 0.3 is 0 Å². The fraction of sp³-hybridized carbons (Fsp3) is 0.625. The SMILES string of the molecule is OCC1(c2cccc(C3CCCNC3)c2)CCC1. The summed E-state index contributed by atoms with van der Waals surface area (Å²) in [5.41, 5.74) is 2.90. The molecule has 18 heavy (non-hydrogen) atoms. The zero-order chi connectivity index (χ0) is 12.4. The topological polar surface area (TPSA) is 32.3 Å². The summed E-state index contributed by atoms with van der Waals surface area (Å²) in [4.78, 5) is 0. The van der Waals surface area contributed by atoms with E-state index in [0.29, 0.717) is 12.5 Å². The van der Waals surface area contributed by atoms with Gasteiger partial charge in [-0.25, -0.2) is 0 Å². The van der Waals surface area contributed by atoms with E-state index in [2.05, 4.69) is 29.6 Å². The number of aliphatic hydroxyl groups excluding tert-OH is 1. The normalized spacial score (nSPS) is 26.6. The van der Waals surface area contributed by atoms with Crippen LogP contribution in [0.15, 0.2) is 24.3 Å². The van der Waals surface area contributed by atoms with Gasteiger partial charge < -0.3 is 10.4 Å². The minimum Gasteiger partial charge on any atom is -0.395 e. The van der Waals surface area contributed by atoms with Crippen molar-refractivity contribution in [1.82, 2.24) is 5.32 Å². The minimum absolute atomic E-state index is 0.0815. The number of nitrogens with one attached hydrogen (secondary N) is 1. The molecule has 0 amide bonds. The van der Waals surface area contributed by atoms with Gasteiger partial charge in [0.1, 0.15) is 0 Å². The van der Waals surface area contributed by atoms with Crippen molar-refractivity contribution < 1.29 is 5.11 Å². The summed E-state index contributed by atoms with van der Waals surface area (Å²) in [6, 6.07) is 8.99. The van der Waals surface area contributed by atoms with Gasteiger partial charge in [0.15, 0.2) is 0 Å². The predicted molar refractivity (Wildman–Crippen MR) is 73.9 cm³/mol. The Kier molecular flexibility index (Phi) is 3.40. The van der Waals surface area contributed by atoms with Crippen molar-refractivity contribution in [2.75, 3.05) is 19.7 Å². The summed E-state index contributed by atoms with van der Waals surface area (Å²) in [6.45, 7) is 2.58. The molecule has 1 saturated carbocycles. The van der Waals surface area contributed by atoms with E-state index < -0.39 is 0 Å². The molecule has 2 N–H and O–H groups in total. The zero-order valence-corrected chi connectivity index (χ0v) is 11.0. The Balaban J connectivity index is 1.84. The fourth-order valence-electron chi connectivity index (χ4n) is 3.40. The summed E-state index contributed by atoms with van der Waals surface area (Å²) in [5, 5.41) is 13.2. The second-order valence-electron chi connectivity index (χ2n) is 5.96. The molecular formula is C16H23NO. The first kappa shape index (κ1) is 12.2. The van der Waals surface area contributed by atoms with Gasteiger partial charge in [0.25, 0.3) is 0 Å². The molecule has 1 aromatic rings. The molecule has 0 aromatic heterocycles. The number of hydrogen-bond donors (Lipinski definition) is 2. The molecule has 1 aromatic carbocycles. The average molecular weight is 245 g/mol. The highest BCUT2D eigenvalue weighted by Gasteiger charge is 2.38. The van der Waals surface area contributed by atoms with Crippen molar-refractivity contribution in [3.05, 3.63) is 35.4 Å². The lowest BCUT2D eigenvalue weighted by atomic mass is 9.64. The van der Waals surface area contributed by atoms with Gasteiger partial charge in [-0.3, -0.25) is 0 Å². The van der Waals surface area contributed by atoms with Gasteiger partial charge in [0, 0.05) is 12.0 Å². The van der Waals surface area contributed by atoms with Gasteiger partial charge in [-0.1, -0.05) is 30.7 Å². The monoisotopic (exact) mass is 245 g/mol. The van der Waals surface area contributed by atoms with Crippen molar-refractivity contribution in [3.8, 4) is 0 Å². The molecule has 3 rings (SSSR count). The van der Waals surface area contributed by atoms with Crippen molar-refractivity contribution in [2.24, 2.45) is 0 Å². The van der Waals surface area contributed by atoms with Crippen molar-refractivity contribution >= 4 is 0 Å². The number of rotatable bonds is 3. The molecule has 0 spiro atoms. The molecule has 2 fully saturated rings. The third-order valence-electron chi connectivity index (χ3n) is 4.88. The van der Waals surface area contributed by atoms with Crippen LogP contribution in [0.5, 0.6) is 0 Å². The van der Waals surface area contributed by atoms with Crippen molar-refractivity contribution in [1.29, 1.82) is 0 Å². The van der Waals surface area contributed by atoms with Crippen molar-refractivity contribution in [2.45, 2.75) is 43.4 Å². The van der Waals surface area contributed by atoms with Crippen molar-refractivity contribution in [3.63, 3.8) is 0 Å². The molecule has 1 aliphatic carbocycles. The lowest BCUT2D eigenvalue weighted by Crippen LogP contribution is -2.38. The number of piperidine rings is 1. The zero-order valence-electron chi connectivity index (χ0n) is 11.0. The van der Waals surface area contributed by atoms with E-state index in [4.69, 9.17) is 0 Å². The van der Waals surface area contributed by atoms with E-state index in [1.54, 1.807) is 0 Å². The highest BCUT2D eigenvalue weighted by atomic mass is 16.3. The highest BCUT2D eigenvalue weighted by molar-refractivity contribution is 5.34.